The van der Waals surface area contributed by atoms with Crippen molar-refractivity contribution < 1.29 is 4.74 Å². The van der Waals surface area contributed by atoms with Crippen LogP contribution in [0.1, 0.15) is 44.2 Å². The van der Waals surface area contributed by atoms with E-state index in [1.807, 2.05) is 0 Å². The molecule has 0 saturated carbocycles. The second-order valence-electron chi connectivity index (χ2n) is 5.44. The predicted molar refractivity (Wildman–Crippen MR) is 63.3 cm³/mol. The van der Waals surface area contributed by atoms with Crippen molar-refractivity contribution in [1.29, 1.82) is 0 Å². The molecule has 2 rings (SSSR count). The number of ether oxygens (including phenoxy) is 1. The highest BCUT2D eigenvalue weighted by Gasteiger charge is 2.20. The minimum atomic E-state index is 0.246. The maximum Gasteiger partial charge on any atom is 0.0535 e. The van der Waals surface area contributed by atoms with Gasteiger partial charge in [0, 0.05) is 12.5 Å². The van der Waals surface area contributed by atoms with Gasteiger partial charge in [0.1, 0.15) is 0 Å². The molecule has 0 radical (unpaired) electrons. The van der Waals surface area contributed by atoms with Crippen LogP contribution in [0.5, 0.6) is 0 Å². The highest BCUT2D eigenvalue weighted by atomic mass is 16.5. The van der Waals surface area contributed by atoms with E-state index in [1.165, 1.54) is 17.5 Å². The molecule has 0 amide bonds. The summed E-state index contributed by atoms with van der Waals surface area (Å²) in [5.74, 6) is 0.618. The first-order valence-electron chi connectivity index (χ1n) is 5.75. The van der Waals surface area contributed by atoms with E-state index >= 15 is 0 Å². The normalized spacial score (nSPS) is 21.9. The first-order chi connectivity index (χ1) is 7.07. The molecule has 1 heteroatoms. The maximum absolute atomic E-state index is 5.44. The Morgan fingerprint density at radius 1 is 1.27 bits per heavy atom. The minimum Gasteiger partial charge on any atom is -0.381 e. The molecule has 1 fully saturated rings. The van der Waals surface area contributed by atoms with Crippen molar-refractivity contribution in [3.8, 4) is 0 Å². The van der Waals surface area contributed by atoms with Crippen molar-refractivity contribution in [2.45, 2.75) is 38.5 Å². The minimum absolute atomic E-state index is 0.246. The fourth-order valence-electron chi connectivity index (χ4n) is 2.06. The van der Waals surface area contributed by atoms with Crippen molar-refractivity contribution >= 4 is 0 Å². The van der Waals surface area contributed by atoms with E-state index in [1.54, 1.807) is 0 Å². The van der Waals surface area contributed by atoms with E-state index in [4.69, 9.17) is 4.74 Å². The lowest BCUT2D eigenvalue weighted by Gasteiger charge is -2.20. The van der Waals surface area contributed by atoms with Crippen LogP contribution in [-0.2, 0) is 10.2 Å². The van der Waals surface area contributed by atoms with Gasteiger partial charge in [-0.2, -0.15) is 0 Å². The van der Waals surface area contributed by atoms with Crippen molar-refractivity contribution in [2.75, 3.05) is 13.2 Å². The SMILES string of the molecule is CC(C)(C)c1cccc(C2CCOC2)c1. The van der Waals surface area contributed by atoms with Gasteiger partial charge in [0.2, 0.25) is 0 Å². The fraction of sp³-hybridized carbons (Fsp3) is 0.571. The molecule has 1 aromatic rings. The Morgan fingerprint density at radius 2 is 2.07 bits per heavy atom. The molecule has 15 heavy (non-hydrogen) atoms. The van der Waals surface area contributed by atoms with Crippen molar-refractivity contribution in [3.63, 3.8) is 0 Å². The monoisotopic (exact) mass is 204 g/mol. The Balaban J connectivity index is 2.26. The number of benzene rings is 1. The summed E-state index contributed by atoms with van der Waals surface area (Å²) < 4.78 is 5.44. The highest BCUT2D eigenvalue weighted by Crippen LogP contribution is 2.29. The van der Waals surface area contributed by atoms with E-state index in [0.717, 1.165) is 13.2 Å². The van der Waals surface area contributed by atoms with Gasteiger partial charge in [0.25, 0.3) is 0 Å². The summed E-state index contributed by atoms with van der Waals surface area (Å²) in [6.07, 6.45) is 1.17. The largest absolute Gasteiger partial charge is 0.381 e. The number of rotatable bonds is 1. The molecule has 1 heterocycles. The van der Waals surface area contributed by atoms with Gasteiger partial charge in [0.05, 0.1) is 6.61 Å². The molecule has 1 unspecified atom stereocenters. The second kappa shape index (κ2) is 3.97. The van der Waals surface area contributed by atoms with Crippen LogP contribution in [0, 0.1) is 0 Å². The summed E-state index contributed by atoms with van der Waals surface area (Å²) >= 11 is 0. The molecule has 0 aliphatic carbocycles. The molecule has 0 bridgehead atoms. The van der Waals surface area contributed by atoms with E-state index in [2.05, 4.69) is 45.0 Å². The van der Waals surface area contributed by atoms with Crippen LogP contribution >= 0.6 is 0 Å². The first-order valence-corrected chi connectivity index (χ1v) is 5.75. The highest BCUT2D eigenvalue weighted by molar-refractivity contribution is 5.31. The Hall–Kier alpha value is -0.820. The topological polar surface area (TPSA) is 9.23 Å². The van der Waals surface area contributed by atoms with Crippen LogP contribution in [0.3, 0.4) is 0 Å². The lowest BCUT2D eigenvalue weighted by atomic mass is 9.84. The molecule has 1 atom stereocenters. The van der Waals surface area contributed by atoms with Gasteiger partial charge in [-0.3, -0.25) is 0 Å². The molecule has 1 aromatic carbocycles. The summed E-state index contributed by atoms with van der Waals surface area (Å²) in [6.45, 7) is 8.60. The maximum atomic E-state index is 5.44. The smallest absolute Gasteiger partial charge is 0.0535 e. The zero-order chi connectivity index (χ0) is 10.9. The van der Waals surface area contributed by atoms with Crippen LogP contribution in [0.4, 0.5) is 0 Å². The molecule has 82 valence electrons. The first kappa shape index (κ1) is 10.7. The molecular weight excluding hydrogens is 184 g/mol. The molecule has 1 nitrogen and oxygen atoms in total. The summed E-state index contributed by atoms with van der Waals surface area (Å²) in [5.41, 5.74) is 3.11. The van der Waals surface area contributed by atoms with Crippen LogP contribution in [0.2, 0.25) is 0 Å². The molecule has 1 saturated heterocycles. The lowest BCUT2D eigenvalue weighted by molar-refractivity contribution is 0.194. The molecule has 0 N–H and O–H groups in total. The molecule has 0 spiro atoms. The van der Waals surface area contributed by atoms with Crippen molar-refractivity contribution in [3.05, 3.63) is 35.4 Å². The number of hydrogen-bond donors (Lipinski definition) is 0. The van der Waals surface area contributed by atoms with E-state index in [0.29, 0.717) is 5.92 Å². The van der Waals surface area contributed by atoms with Gasteiger partial charge in [-0.15, -0.1) is 0 Å². The lowest BCUT2D eigenvalue weighted by Crippen LogP contribution is -2.12. The van der Waals surface area contributed by atoms with E-state index in [9.17, 15) is 0 Å². The zero-order valence-corrected chi connectivity index (χ0v) is 9.92. The Kier molecular flexibility index (Phi) is 2.83. The van der Waals surface area contributed by atoms with Crippen LogP contribution < -0.4 is 0 Å². The standard InChI is InChI=1S/C14H20O/c1-14(2,3)13-6-4-5-11(9-13)12-7-8-15-10-12/h4-6,9,12H,7-8,10H2,1-3H3. The summed E-state index contributed by atoms with van der Waals surface area (Å²) in [7, 11) is 0. The third-order valence-corrected chi connectivity index (χ3v) is 3.15. The molecular formula is C14H20O. The predicted octanol–water partition coefficient (Wildman–Crippen LogP) is 3.49. The van der Waals surface area contributed by atoms with Crippen LogP contribution in [0.15, 0.2) is 24.3 Å². The average molecular weight is 204 g/mol. The van der Waals surface area contributed by atoms with Gasteiger partial charge in [-0.05, 0) is 23.0 Å². The van der Waals surface area contributed by atoms with Crippen molar-refractivity contribution in [1.82, 2.24) is 0 Å². The van der Waals surface area contributed by atoms with Gasteiger partial charge in [0.15, 0.2) is 0 Å². The van der Waals surface area contributed by atoms with Crippen LogP contribution in [0.25, 0.3) is 0 Å². The third-order valence-electron chi connectivity index (χ3n) is 3.15. The average Bonchev–Trinajstić information content (AvgIpc) is 2.69. The quantitative estimate of drug-likeness (QED) is 0.680. The molecule has 1 aliphatic heterocycles. The summed E-state index contributed by atoms with van der Waals surface area (Å²) in [6, 6.07) is 8.97. The van der Waals surface area contributed by atoms with Gasteiger partial charge < -0.3 is 4.74 Å². The van der Waals surface area contributed by atoms with E-state index < -0.39 is 0 Å². The third kappa shape index (κ3) is 2.40. The molecule has 1 aliphatic rings. The van der Waals surface area contributed by atoms with Gasteiger partial charge >= 0.3 is 0 Å². The summed E-state index contributed by atoms with van der Waals surface area (Å²) in [4.78, 5) is 0. The van der Waals surface area contributed by atoms with Crippen LogP contribution in [-0.4, -0.2) is 13.2 Å². The Labute approximate surface area is 92.5 Å². The fourth-order valence-corrected chi connectivity index (χ4v) is 2.06. The van der Waals surface area contributed by atoms with Crippen molar-refractivity contribution in [2.24, 2.45) is 0 Å². The van der Waals surface area contributed by atoms with Gasteiger partial charge in [-0.1, -0.05) is 45.0 Å². The summed E-state index contributed by atoms with van der Waals surface area (Å²) in [5, 5.41) is 0. The van der Waals surface area contributed by atoms with E-state index in [-0.39, 0.29) is 5.41 Å². The Bertz CT molecular complexity index is 329. The van der Waals surface area contributed by atoms with Gasteiger partial charge in [-0.25, -0.2) is 0 Å². The Morgan fingerprint density at radius 3 is 2.67 bits per heavy atom. The second-order valence-corrected chi connectivity index (χ2v) is 5.44. The number of hydrogen-bond acceptors (Lipinski definition) is 1. The molecule has 0 aromatic heterocycles. The zero-order valence-electron chi connectivity index (χ0n) is 9.92.